The van der Waals surface area contributed by atoms with E-state index in [9.17, 15) is 18.0 Å². The fraction of sp³-hybridized carbons (Fsp3) is 0.263. The smallest absolute Gasteiger partial charge is 0.337 e. The van der Waals surface area contributed by atoms with Gasteiger partial charge in [-0.15, -0.1) is 0 Å². The predicted octanol–water partition coefficient (Wildman–Crippen LogP) is 3.69. The highest BCUT2D eigenvalue weighted by atomic mass is 35.5. The van der Waals surface area contributed by atoms with Gasteiger partial charge in [-0.1, -0.05) is 11.6 Å². The number of anilines is 2. The van der Waals surface area contributed by atoms with Gasteiger partial charge < -0.3 is 15.1 Å². The van der Waals surface area contributed by atoms with Crippen LogP contribution in [0.1, 0.15) is 5.69 Å². The molecule has 2 amide bonds. The first-order chi connectivity index (χ1) is 14.8. The molecule has 1 aromatic carbocycles. The van der Waals surface area contributed by atoms with Gasteiger partial charge >= 0.3 is 12.2 Å². The Morgan fingerprint density at radius 1 is 1.03 bits per heavy atom. The maximum atomic E-state index is 13.8. The number of benzene rings is 1. The third-order valence-electron chi connectivity index (χ3n) is 4.75. The Morgan fingerprint density at radius 3 is 2.29 bits per heavy atom. The van der Waals surface area contributed by atoms with Gasteiger partial charge in [-0.3, -0.25) is 0 Å². The maximum absolute atomic E-state index is 13.8. The van der Waals surface area contributed by atoms with Crippen molar-refractivity contribution in [3.8, 4) is 5.69 Å². The molecule has 162 valence electrons. The van der Waals surface area contributed by atoms with Crippen LogP contribution in [0.3, 0.4) is 0 Å². The summed E-state index contributed by atoms with van der Waals surface area (Å²) in [6.07, 6.45) is -0.498. The summed E-state index contributed by atoms with van der Waals surface area (Å²) >= 11 is 5.81. The van der Waals surface area contributed by atoms with E-state index in [2.05, 4.69) is 20.4 Å². The summed E-state index contributed by atoms with van der Waals surface area (Å²) in [5.41, 5.74) is -1.31. The van der Waals surface area contributed by atoms with Crippen molar-refractivity contribution in [1.82, 2.24) is 24.6 Å². The first-order valence-electron chi connectivity index (χ1n) is 9.32. The molecule has 4 rings (SSSR count). The summed E-state index contributed by atoms with van der Waals surface area (Å²) in [4.78, 5) is 24.3. The Bertz CT molecular complexity index is 1050. The van der Waals surface area contributed by atoms with Gasteiger partial charge in [0.25, 0.3) is 0 Å². The Balaban J connectivity index is 1.49. The van der Waals surface area contributed by atoms with Crippen molar-refractivity contribution >= 4 is 29.3 Å². The van der Waals surface area contributed by atoms with Crippen molar-refractivity contribution in [2.45, 2.75) is 6.18 Å². The standard InChI is InChI=1S/C19H17ClF3N7O/c20-13-2-4-14(5-3-13)30-16(19(21,22)23)15(12-26-30)27-18(31)29-10-8-28(9-11-29)17-24-6-1-7-25-17/h1-7,12H,8-11H2,(H,27,31). The lowest BCUT2D eigenvalue weighted by atomic mass is 10.3. The average molecular weight is 452 g/mol. The summed E-state index contributed by atoms with van der Waals surface area (Å²) in [7, 11) is 0. The molecule has 0 saturated carbocycles. The number of urea groups is 1. The number of nitrogens with one attached hydrogen (secondary N) is 1. The average Bonchev–Trinajstić information content (AvgIpc) is 3.19. The zero-order valence-corrected chi connectivity index (χ0v) is 16.8. The van der Waals surface area contributed by atoms with Crippen LogP contribution < -0.4 is 10.2 Å². The molecule has 1 saturated heterocycles. The van der Waals surface area contributed by atoms with E-state index >= 15 is 0 Å². The number of hydrogen-bond acceptors (Lipinski definition) is 5. The van der Waals surface area contributed by atoms with E-state index in [1.54, 1.807) is 18.5 Å². The summed E-state index contributed by atoms with van der Waals surface area (Å²) in [6, 6.07) is 6.84. The second-order valence-electron chi connectivity index (χ2n) is 6.75. The molecule has 0 atom stereocenters. The molecule has 12 heteroatoms. The minimum atomic E-state index is -4.73. The monoisotopic (exact) mass is 451 g/mol. The van der Waals surface area contributed by atoms with Gasteiger partial charge in [0.1, 0.15) is 0 Å². The van der Waals surface area contributed by atoms with Crippen LogP contribution in [0.25, 0.3) is 5.69 Å². The predicted molar refractivity (Wildman–Crippen MR) is 108 cm³/mol. The Hall–Kier alpha value is -3.34. The molecule has 3 heterocycles. The molecule has 0 radical (unpaired) electrons. The molecule has 1 N–H and O–H groups in total. The van der Waals surface area contributed by atoms with Crippen LogP contribution in [-0.2, 0) is 6.18 Å². The van der Waals surface area contributed by atoms with Crippen LogP contribution >= 0.6 is 11.6 Å². The molecule has 0 spiro atoms. The maximum Gasteiger partial charge on any atom is 0.435 e. The number of nitrogens with zero attached hydrogens (tertiary/aromatic N) is 6. The van der Waals surface area contributed by atoms with Crippen LogP contribution in [0.2, 0.25) is 5.02 Å². The second-order valence-corrected chi connectivity index (χ2v) is 7.18. The number of amides is 2. The van der Waals surface area contributed by atoms with Gasteiger partial charge in [-0.2, -0.15) is 18.3 Å². The quantitative estimate of drug-likeness (QED) is 0.657. The van der Waals surface area contributed by atoms with Crippen LogP contribution in [0, 0.1) is 0 Å². The number of rotatable bonds is 3. The largest absolute Gasteiger partial charge is 0.435 e. The molecule has 1 aliphatic heterocycles. The summed E-state index contributed by atoms with van der Waals surface area (Å²) in [6.45, 7) is 1.56. The SMILES string of the molecule is O=C(Nc1cnn(-c2ccc(Cl)cc2)c1C(F)(F)F)N1CCN(c2ncccn2)CC1. The van der Waals surface area contributed by atoms with E-state index in [-0.39, 0.29) is 5.69 Å². The number of carbonyl (C=O) groups excluding carboxylic acids is 1. The molecular weight excluding hydrogens is 435 g/mol. The third-order valence-corrected chi connectivity index (χ3v) is 5.00. The molecule has 0 bridgehead atoms. The summed E-state index contributed by atoms with van der Waals surface area (Å²) in [5.74, 6) is 0.547. The van der Waals surface area contributed by atoms with E-state index in [4.69, 9.17) is 11.6 Å². The van der Waals surface area contributed by atoms with Gasteiger partial charge in [-0.25, -0.2) is 19.4 Å². The summed E-state index contributed by atoms with van der Waals surface area (Å²) in [5, 5.41) is 6.57. The molecule has 8 nitrogen and oxygen atoms in total. The number of hydrogen-bond donors (Lipinski definition) is 1. The highest BCUT2D eigenvalue weighted by molar-refractivity contribution is 6.30. The van der Waals surface area contributed by atoms with E-state index in [0.717, 1.165) is 10.9 Å². The van der Waals surface area contributed by atoms with E-state index < -0.39 is 23.6 Å². The topological polar surface area (TPSA) is 79.2 Å². The first-order valence-corrected chi connectivity index (χ1v) is 9.70. The number of piperazine rings is 1. The number of alkyl halides is 3. The Labute approximate surface area is 180 Å². The molecule has 0 aliphatic carbocycles. The fourth-order valence-electron chi connectivity index (χ4n) is 3.25. The first kappa shape index (κ1) is 20.9. The molecular formula is C19H17ClF3N7O. The highest BCUT2D eigenvalue weighted by Crippen LogP contribution is 2.36. The van der Waals surface area contributed by atoms with E-state index in [1.807, 2.05) is 4.90 Å². The summed E-state index contributed by atoms with van der Waals surface area (Å²) < 4.78 is 42.0. The van der Waals surface area contributed by atoms with Gasteiger partial charge in [0.2, 0.25) is 5.95 Å². The Morgan fingerprint density at radius 2 is 1.68 bits per heavy atom. The lowest BCUT2D eigenvalue weighted by Crippen LogP contribution is -2.50. The van der Waals surface area contributed by atoms with Crippen molar-refractivity contribution in [3.05, 3.63) is 59.6 Å². The number of aromatic nitrogens is 4. The lowest BCUT2D eigenvalue weighted by Gasteiger charge is -2.34. The van der Waals surface area contributed by atoms with Crippen molar-refractivity contribution in [1.29, 1.82) is 0 Å². The third kappa shape index (κ3) is 4.55. The van der Waals surface area contributed by atoms with Crippen molar-refractivity contribution < 1.29 is 18.0 Å². The second kappa shape index (κ2) is 8.42. The van der Waals surface area contributed by atoms with E-state index in [1.165, 1.54) is 29.2 Å². The van der Waals surface area contributed by atoms with Gasteiger partial charge in [-0.05, 0) is 30.3 Å². The van der Waals surface area contributed by atoms with Crippen LogP contribution in [-0.4, -0.2) is 56.9 Å². The highest BCUT2D eigenvalue weighted by Gasteiger charge is 2.39. The number of halogens is 4. The molecule has 31 heavy (non-hydrogen) atoms. The normalized spacial score (nSPS) is 14.6. The van der Waals surface area contributed by atoms with Crippen LogP contribution in [0.5, 0.6) is 0 Å². The number of carbonyl (C=O) groups is 1. The van der Waals surface area contributed by atoms with Gasteiger partial charge in [0.15, 0.2) is 5.69 Å². The minimum absolute atomic E-state index is 0.175. The molecule has 0 unspecified atom stereocenters. The van der Waals surface area contributed by atoms with Crippen LogP contribution in [0.15, 0.2) is 48.9 Å². The van der Waals surface area contributed by atoms with Crippen LogP contribution in [0.4, 0.5) is 29.6 Å². The van der Waals surface area contributed by atoms with Gasteiger partial charge in [0, 0.05) is 43.6 Å². The molecule has 1 fully saturated rings. The molecule has 1 aliphatic rings. The van der Waals surface area contributed by atoms with E-state index in [0.29, 0.717) is 37.1 Å². The van der Waals surface area contributed by atoms with Crippen molar-refractivity contribution in [2.24, 2.45) is 0 Å². The minimum Gasteiger partial charge on any atom is -0.337 e. The Kier molecular flexibility index (Phi) is 5.68. The molecule has 3 aromatic rings. The fourth-order valence-corrected chi connectivity index (χ4v) is 3.38. The van der Waals surface area contributed by atoms with Crippen molar-refractivity contribution in [3.63, 3.8) is 0 Å². The lowest BCUT2D eigenvalue weighted by molar-refractivity contribution is -0.142. The molecule has 2 aromatic heterocycles. The zero-order valence-electron chi connectivity index (χ0n) is 16.1. The van der Waals surface area contributed by atoms with Gasteiger partial charge in [0.05, 0.1) is 17.6 Å². The van der Waals surface area contributed by atoms with Crippen molar-refractivity contribution in [2.75, 3.05) is 36.4 Å². The zero-order chi connectivity index (χ0) is 22.0.